The summed E-state index contributed by atoms with van der Waals surface area (Å²) >= 11 is 0. The van der Waals surface area contributed by atoms with E-state index < -0.39 is 15.8 Å². The molecule has 1 unspecified atom stereocenters. The van der Waals surface area contributed by atoms with E-state index in [2.05, 4.69) is 0 Å². The van der Waals surface area contributed by atoms with Crippen LogP contribution in [-0.4, -0.2) is 25.7 Å². The van der Waals surface area contributed by atoms with Gasteiger partial charge in [-0.25, -0.2) is 8.42 Å². The summed E-state index contributed by atoms with van der Waals surface area (Å²) in [7, 11) is -3.39. The van der Waals surface area contributed by atoms with Crippen LogP contribution in [0.3, 0.4) is 0 Å². The number of nitrogen functional groups attached to an aromatic ring is 1. The standard InChI is InChI=1S/C11H15NO4S/c1-7(5-11(13)14)8-3-4-9(12)10(6-8)17(2,15)16/h3-4,6-7H,5,12H2,1-2H3,(H,13,14). The van der Waals surface area contributed by atoms with Crippen LogP contribution in [0.5, 0.6) is 0 Å². The summed E-state index contributed by atoms with van der Waals surface area (Å²) in [6, 6.07) is 4.58. The van der Waals surface area contributed by atoms with Crippen LogP contribution in [0, 0.1) is 0 Å². The monoisotopic (exact) mass is 257 g/mol. The lowest BCUT2D eigenvalue weighted by atomic mass is 9.98. The Hall–Kier alpha value is -1.56. The molecule has 0 spiro atoms. The summed E-state index contributed by atoms with van der Waals surface area (Å²) in [5.74, 6) is -1.18. The Morgan fingerprint density at radius 2 is 2.06 bits per heavy atom. The van der Waals surface area contributed by atoms with Gasteiger partial charge < -0.3 is 10.8 Å². The molecule has 3 N–H and O–H groups in total. The van der Waals surface area contributed by atoms with E-state index in [4.69, 9.17) is 10.8 Å². The predicted octanol–water partition coefficient (Wildman–Crippen LogP) is 1.25. The number of hydrogen-bond acceptors (Lipinski definition) is 4. The molecule has 0 aromatic heterocycles. The second-order valence-corrected chi connectivity index (χ2v) is 6.05. The van der Waals surface area contributed by atoms with Crippen LogP contribution in [0.1, 0.15) is 24.8 Å². The molecule has 5 nitrogen and oxygen atoms in total. The van der Waals surface area contributed by atoms with Crippen LogP contribution in [0.4, 0.5) is 5.69 Å². The van der Waals surface area contributed by atoms with E-state index in [-0.39, 0.29) is 22.9 Å². The van der Waals surface area contributed by atoms with E-state index in [9.17, 15) is 13.2 Å². The molecule has 0 fully saturated rings. The minimum atomic E-state index is -3.39. The Morgan fingerprint density at radius 3 is 2.53 bits per heavy atom. The molecule has 6 heteroatoms. The van der Waals surface area contributed by atoms with Gasteiger partial charge in [0.15, 0.2) is 9.84 Å². The van der Waals surface area contributed by atoms with Gasteiger partial charge in [0.25, 0.3) is 0 Å². The zero-order valence-electron chi connectivity index (χ0n) is 9.67. The molecule has 0 amide bonds. The highest BCUT2D eigenvalue weighted by molar-refractivity contribution is 7.90. The summed E-state index contributed by atoms with van der Waals surface area (Å²) < 4.78 is 22.9. The summed E-state index contributed by atoms with van der Waals surface area (Å²) in [6.45, 7) is 1.73. The third-order valence-electron chi connectivity index (χ3n) is 2.49. The van der Waals surface area contributed by atoms with Crippen molar-refractivity contribution in [3.05, 3.63) is 23.8 Å². The van der Waals surface area contributed by atoms with Gasteiger partial charge in [-0.05, 0) is 23.6 Å². The first-order valence-electron chi connectivity index (χ1n) is 5.03. The molecule has 1 rings (SSSR count). The number of benzene rings is 1. The number of carbonyl (C=O) groups is 1. The smallest absolute Gasteiger partial charge is 0.303 e. The third-order valence-corrected chi connectivity index (χ3v) is 3.64. The SMILES string of the molecule is CC(CC(=O)O)c1ccc(N)c(S(C)(=O)=O)c1. The highest BCUT2D eigenvalue weighted by Crippen LogP contribution is 2.26. The second kappa shape index (κ2) is 4.75. The molecule has 1 aromatic carbocycles. The van der Waals surface area contributed by atoms with Crippen LogP contribution in [0.25, 0.3) is 0 Å². The van der Waals surface area contributed by atoms with E-state index in [1.807, 2.05) is 0 Å². The van der Waals surface area contributed by atoms with Crippen molar-refractivity contribution in [1.82, 2.24) is 0 Å². The Bertz CT molecular complexity index is 536. The van der Waals surface area contributed by atoms with Crippen molar-refractivity contribution >= 4 is 21.5 Å². The second-order valence-electron chi connectivity index (χ2n) is 4.07. The lowest BCUT2D eigenvalue weighted by Crippen LogP contribution is -2.07. The molecule has 0 aliphatic heterocycles. The van der Waals surface area contributed by atoms with Crippen LogP contribution in [0.15, 0.2) is 23.1 Å². The normalized spacial score (nSPS) is 13.3. The van der Waals surface area contributed by atoms with Gasteiger partial charge in [0, 0.05) is 6.26 Å². The van der Waals surface area contributed by atoms with Crippen molar-refractivity contribution in [3.8, 4) is 0 Å². The Kier molecular flexibility index (Phi) is 3.77. The van der Waals surface area contributed by atoms with Gasteiger partial charge in [-0.1, -0.05) is 13.0 Å². The first-order chi connectivity index (χ1) is 7.71. The zero-order valence-corrected chi connectivity index (χ0v) is 10.5. The van der Waals surface area contributed by atoms with Crippen molar-refractivity contribution in [3.63, 3.8) is 0 Å². The summed E-state index contributed by atoms with van der Waals surface area (Å²) in [5, 5.41) is 8.69. The van der Waals surface area contributed by atoms with Gasteiger partial charge in [0.1, 0.15) is 0 Å². The van der Waals surface area contributed by atoms with E-state index in [1.165, 1.54) is 12.1 Å². The number of hydrogen-bond donors (Lipinski definition) is 2. The van der Waals surface area contributed by atoms with Crippen LogP contribution in [0.2, 0.25) is 0 Å². The molecule has 0 aliphatic carbocycles. The molecule has 0 bridgehead atoms. The van der Waals surface area contributed by atoms with Gasteiger partial charge in [-0.3, -0.25) is 4.79 Å². The maximum atomic E-state index is 11.5. The maximum Gasteiger partial charge on any atom is 0.303 e. The van der Waals surface area contributed by atoms with Crippen LogP contribution in [-0.2, 0) is 14.6 Å². The van der Waals surface area contributed by atoms with Crippen LogP contribution < -0.4 is 5.73 Å². The van der Waals surface area contributed by atoms with Gasteiger partial charge >= 0.3 is 5.97 Å². The summed E-state index contributed by atoms with van der Waals surface area (Å²) in [5.41, 5.74) is 6.42. The van der Waals surface area contributed by atoms with Crippen molar-refractivity contribution in [2.75, 3.05) is 12.0 Å². The lowest BCUT2D eigenvalue weighted by Gasteiger charge is -2.12. The molecule has 0 radical (unpaired) electrons. The molecule has 1 aromatic rings. The van der Waals surface area contributed by atoms with Gasteiger partial charge in [-0.15, -0.1) is 0 Å². The molecule has 0 aliphatic rings. The van der Waals surface area contributed by atoms with Gasteiger partial charge in [0.05, 0.1) is 17.0 Å². The molecule has 94 valence electrons. The van der Waals surface area contributed by atoms with Crippen LogP contribution >= 0.6 is 0 Å². The van der Waals surface area contributed by atoms with Crippen molar-refractivity contribution in [1.29, 1.82) is 0 Å². The number of carboxylic acid groups (broad SMARTS) is 1. The largest absolute Gasteiger partial charge is 0.481 e. The Labute approximate surface area is 100 Å². The molecule has 17 heavy (non-hydrogen) atoms. The fourth-order valence-corrected chi connectivity index (χ4v) is 2.40. The summed E-state index contributed by atoms with van der Waals surface area (Å²) in [6.07, 6.45) is 1.03. The van der Waals surface area contributed by atoms with E-state index >= 15 is 0 Å². The average Bonchev–Trinajstić information content (AvgIpc) is 2.15. The fraction of sp³-hybridized carbons (Fsp3) is 0.364. The summed E-state index contributed by atoms with van der Waals surface area (Å²) in [4.78, 5) is 10.6. The van der Waals surface area contributed by atoms with E-state index in [0.29, 0.717) is 5.56 Å². The molecular formula is C11H15NO4S. The third kappa shape index (κ3) is 3.45. The van der Waals surface area contributed by atoms with Gasteiger partial charge in [0.2, 0.25) is 0 Å². The highest BCUT2D eigenvalue weighted by Gasteiger charge is 2.16. The number of nitrogens with two attached hydrogens (primary N) is 1. The molecule has 0 heterocycles. The average molecular weight is 257 g/mol. The number of sulfone groups is 1. The number of anilines is 1. The quantitative estimate of drug-likeness (QED) is 0.791. The van der Waals surface area contributed by atoms with E-state index in [0.717, 1.165) is 6.26 Å². The Balaban J connectivity index is 3.17. The molecule has 0 saturated carbocycles. The Morgan fingerprint density at radius 1 is 1.47 bits per heavy atom. The first-order valence-corrected chi connectivity index (χ1v) is 6.92. The van der Waals surface area contributed by atoms with Crippen molar-refractivity contribution in [2.24, 2.45) is 0 Å². The highest BCUT2D eigenvalue weighted by atomic mass is 32.2. The van der Waals surface area contributed by atoms with Crippen molar-refractivity contribution < 1.29 is 18.3 Å². The number of aliphatic carboxylic acids is 1. The number of rotatable bonds is 4. The minimum Gasteiger partial charge on any atom is -0.481 e. The topological polar surface area (TPSA) is 97.5 Å². The molecular weight excluding hydrogens is 242 g/mol. The lowest BCUT2D eigenvalue weighted by molar-refractivity contribution is -0.137. The molecule has 1 atom stereocenters. The maximum absolute atomic E-state index is 11.5. The predicted molar refractivity (Wildman–Crippen MR) is 64.6 cm³/mol. The number of carboxylic acids is 1. The fourth-order valence-electron chi connectivity index (χ4n) is 1.56. The minimum absolute atomic E-state index is 0.0484. The first kappa shape index (κ1) is 13.5. The van der Waals surface area contributed by atoms with Crippen molar-refractivity contribution in [2.45, 2.75) is 24.2 Å². The van der Waals surface area contributed by atoms with Gasteiger partial charge in [-0.2, -0.15) is 0 Å². The van der Waals surface area contributed by atoms with E-state index in [1.54, 1.807) is 13.0 Å². The zero-order chi connectivity index (χ0) is 13.2. The molecule has 0 saturated heterocycles.